The van der Waals surface area contributed by atoms with Crippen molar-refractivity contribution in [1.29, 1.82) is 0 Å². The summed E-state index contributed by atoms with van der Waals surface area (Å²) < 4.78 is 11.3. The maximum atomic E-state index is 11.9. The van der Waals surface area contributed by atoms with Gasteiger partial charge in [0, 0.05) is 24.1 Å². The highest BCUT2D eigenvalue weighted by Crippen LogP contribution is 2.18. The number of carbonyl (C=O) groups excluding carboxylic acids is 3. The fraction of sp³-hybridized carbons (Fsp3) is 0.176. The number of aromatic nitrogens is 1. The number of oxazole rings is 1. The molecule has 0 radical (unpaired) electrons. The highest BCUT2D eigenvalue weighted by molar-refractivity contribution is 6.35. The van der Waals surface area contributed by atoms with E-state index in [9.17, 15) is 19.2 Å². The number of carbonyl (C=O) groups is 3. The number of benzene rings is 1. The molecule has 146 valence electrons. The number of aryl methyl sites for hydroxylation is 1. The van der Waals surface area contributed by atoms with Crippen molar-refractivity contribution in [2.24, 2.45) is 0 Å². The van der Waals surface area contributed by atoms with E-state index in [2.05, 4.69) is 10.7 Å². The van der Waals surface area contributed by atoms with Crippen LogP contribution in [0.5, 0.6) is 0 Å². The summed E-state index contributed by atoms with van der Waals surface area (Å²) in [4.78, 5) is 47.0. The number of hydrogen-bond donors (Lipinski definition) is 3. The molecule has 0 saturated carbocycles. The van der Waals surface area contributed by atoms with Crippen molar-refractivity contribution in [3.05, 3.63) is 57.9 Å². The Labute approximate surface area is 162 Å². The highest BCUT2D eigenvalue weighted by Gasteiger charge is 2.15. The summed E-state index contributed by atoms with van der Waals surface area (Å²) in [5, 5.41) is 2.75. The molecule has 0 bridgehead atoms. The summed E-state index contributed by atoms with van der Waals surface area (Å²) in [5.41, 5.74) is 4.89. The third kappa shape index (κ3) is 4.60. The first-order valence-electron chi connectivity index (χ1n) is 8.12. The van der Waals surface area contributed by atoms with E-state index in [1.807, 2.05) is 5.43 Å². The first-order valence-corrected chi connectivity index (χ1v) is 8.50. The van der Waals surface area contributed by atoms with Gasteiger partial charge in [-0.1, -0.05) is 11.6 Å². The van der Waals surface area contributed by atoms with E-state index in [4.69, 9.17) is 20.4 Å². The normalized spacial score (nSPS) is 10.6. The van der Waals surface area contributed by atoms with Gasteiger partial charge in [-0.3, -0.25) is 29.8 Å². The molecule has 0 unspecified atom stereocenters. The SMILES string of the molecule is O=C(CCn1c(=O)oc2cc(Cl)ccc21)NNC(=O)C(=O)NCc1ccco1. The van der Waals surface area contributed by atoms with Crippen molar-refractivity contribution in [1.82, 2.24) is 20.7 Å². The summed E-state index contributed by atoms with van der Waals surface area (Å²) in [6, 6.07) is 7.97. The summed E-state index contributed by atoms with van der Waals surface area (Å²) in [6.07, 6.45) is 1.30. The van der Waals surface area contributed by atoms with Crippen molar-refractivity contribution in [3.8, 4) is 0 Å². The minimum Gasteiger partial charge on any atom is -0.467 e. The number of halogens is 1. The van der Waals surface area contributed by atoms with E-state index in [1.165, 1.54) is 16.9 Å². The Bertz CT molecular complexity index is 1070. The maximum Gasteiger partial charge on any atom is 0.419 e. The van der Waals surface area contributed by atoms with E-state index >= 15 is 0 Å². The highest BCUT2D eigenvalue weighted by atomic mass is 35.5. The minimum atomic E-state index is -1.04. The minimum absolute atomic E-state index is 0.0137. The molecule has 0 aliphatic rings. The summed E-state index contributed by atoms with van der Waals surface area (Å²) >= 11 is 5.84. The molecule has 0 atom stereocenters. The lowest BCUT2D eigenvalue weighted by Gasteiger charge is -2.07. The third-order valence-corrected chi connectivity index (χ3v) is 3.95. The number of fused-ring (bicyclic) bond motifs is 1. The van der Waals surface area contributed by atoms with Crippen LogP contribution >= 0.6 is 11.6 Å². The molecule has 2 aromatic heterocycles. The Hall–Kier alpha value is -3.53. The molecule has 0 aliphatic carbocycles. The molecule has 0 aliphatic heterocycles. The Morgan fingerprint density at radius 3 is 2.68 bits per heavy atom. The molecule has 3 N–H and O–H groups in total. The quantitative estimate of drug-likeness (QED) is 0.421. The van der Waals surface area contributed by atoms with E-state index in [1.54, 1.807) is 24.3 Å². The van der Waals surface area contributed by atoms with Gasteiger partial charge in [0.05, 0.1) is 18.3 Å². The maximum absolute atomic E-state index is 11.9. The molecule has 0 fully saturated rings. The summed E-state index contributed by atoms with van der Waals surface area (Å²) in [6.45, 7) is 0.0492. The van der Waals surface area contributed by atoms with Crippen molar-refractivity contribution in [2.75, 3.05) is 0 Å². The van der Waals surface area contributed by atoms with E-state index < -0.39 is 23.5 Å². The van der Waals surface area contributed by atoms with Crippen molar-refractivity contribution in [2.45, 2.75) is 19.5 Å². The topological polar surface area (TPSA) is 136 Å². The van der Waals surface area contributed by atoms with Crippen LogP contribution in [0.25, 0.3) is 11.1 Å². The zero-order valence-corrected chi connectivity index (χ0v) is 15.1. The Morgan fingerprint density at radius 2 is 1.93 bits per heavy atom. The van der Waals surface area contributed by atoms with E-state index in [0.29, 0.717) is 21.9 Å². The number of furan rings is 1. The van der Waals surface area contributed by atoms with E-state index in [-0.39, 0.29) is 19.5 Å². The van der Waals surface area contributed by atoms with E-state index in [0.717, 1.165) is 0 Å². The van der Waals surface area contributed by atoms with Gasteiger partial charge in [-0.05, 0) is 24.3 Å². The first-order chi connectivity index (χ1) is 13.4. The Balaban J connectivity index is 1.47. The third-order valence-electron chi connectivity index (χ3n) is 3.72. The van der Waals surface area contributed by atoms with Crippen LogP contribution in [0.2, 0.25) is 5.02 Å². The Morgan fingerprint density at radius 1 is 1.11 bits per heavy atom. The summed E-state index contributed by atoms with van der Waals surface area (Å²) in [5.74, 6) is -2.73. The van der Waals surface area contributed by atoms with Gasteiger partial charge in [-0.2, -0.15) is 0 Å². The zero-order chi connectivity index (χ0) is 20.1. The number of nitrogens with one attached hydrogen (secondary N) is 3. The monoisotopic (exact) mass is 406 g/mol. The summed E-state index contributed by atoms with van der Waals surface area (Å²) in [7, 11) is 0. The van der Waals surface area contributed by atoms with Gasteiger partial charge in [0.15, 0.2) is 5.58 Å². The van der Waals surface area contributed by atoms with Crippen LogP contribution in [0.1, 0.15) is 12.2 Å². The smallest absolute Gasteiger partial charge is 0.419 e. The van der Waals surface area contributed by atoms with Gasteiger partial charge >= 0.3 is 17.6 Å². The standard InChI is InChI=1S/C17H15ClN4O6/c18-10-3-4-12-13(8-10)28-17(26)22(12)6-5-14(23)20-21-16(25)15(24)19-9-11-2-1-7-27-11/h1-4,7-8H,5-6,9H2,(H,19,24)(H,20,23)(H,21,25). The van der Waals surface area contributed by atoms with Gasteiger partial charge in [0.2, 0.25) is 5.91 Å². The largest absolute Gasteiger partial charge is 0.467 e. The molecule has 3 amide bonds. The molecule has 2 heterocycles. The number of nitrogens with zero attached hydrogens (tertiary/aromatic N) is 1. The molecule has 11 heteroatoms. The van der Waals surface area contributed by atoms with Crippen LogP contribution in [0.4, 0.5) is 0 Å². The van der Waals surface area contributed by atoms with Crippen molar-refractivity contribution < 1.29 is 23.2 Å². The average molecular weight is 407 g/mol. The van der Waals surface area contributed by atoms with Gasteiger partial charge in [0.25, 0.3) is 0 Å². The lowest BCUT2D eigenvalue weighted by Crippen LogP contribution is -2.48. The van der Waals surface area contributed by atoms with Gasteiger partial charge in [-0.25, -0.2) is 4.79 Å². The lowest BCUT2D eigenvalue weighted by atomic mass is 10.3. The van der Waals surface area contributed by atoms with Gasteiger partial charge in [-0.15, -0.1) is 0 Å². The van der Waals surface area contributed by atoms with Gasteiger partial charge in [0.1, 0.15) is 5.76 Å². The van der Waals surface area contributed by atoms with Crippen LogP contribution in [-0.2, 0) is 27.5 Å². The van der Waals surface area contributed by atoms with Gasteiger partial charge < -0.3 is 14.2 Å². The second-order valence-electron chi connectivity index (χ2n) is 5.65. The fourth-order valence-corrected chi connectivity index (χ4v) is 2.53. The number of rotatable bonds is 5. The zero-order valence-electron chi connectivity index (χ0n) is 14.4. The molecule has 3 aromatic rings. The average Bonchev–Trinajstić information content (AvgIpc) is 3.29. The Kier molecular flexibility index (Phi) is 5.80. The number of amides is 3. The molecular formula is C17H15ClN4O6. The van der Waals surface area contributed by atoms with Crippen LogP contribution in [0, 0.1) is 0 Å². The fourth-order valence-electron chi connectivity index (χ4n) is 2.37. The first kappa shape index (κ1) is 19.2. The molecule has 3 rings (SSSR count). The second-order valence-corrected chi connectivity index (χ2v) is 6.08. The van der Waals surface area contributed by atoms with Crippen LogP contribution in [0.15, 0.2) is 50.2 Å². The molecule has 28 heavy (non-hydrogen) atoms. The van der Waals surface area contributed by atoms with Crippen molar-refractivity contribution in [3.63, 3.8) is 0 Å². The van der Waals surface area contributed by atoms with Crippen LogP contribution in [-0.4, -0.2) is 22.3 Å². The molecule has 10 nitrogen and oxygen atoms in total. The van der Waals surface area contributed by atoms with Crippen LogP contribution in [0.3, 0.4) is 0 Å². The van der Waals surface area contributed by atoms with Crippen LogP contribution < -0.4 is 21.9 Å². The second kappa shape index (κ2) is 8.44. The predicted molar refractivity (Wildman–Crippen MR) is 96.9 cm³/mol. The number of hydrazine groups is 1. The number of hydrogen-bond acceptors (Lipinski definition) is 6. The molecule has 1 aromatic carbocycles. The lowest BCUT2D eigenvalue weighted by molar-refractivity contribution is -0.141. The molecule has 0 saturated heterocycles. The molecular weight excluding hydrogens is 392 g/mol. The predicted octanol–water partition coefficient (Wildman–Crippen LogP) is 0.695. The van der Waals surface area contributed by atoms with Crippen molar-refractivity contribution >= 4 is 40.4 Å². The molecule has 0 spiro atoms.